The summed E-state index contributed by atoms with van der Waals surface area (Å²) in [4.78, 5) is 0. The van der Waals surface area contributed by atoms with Crippen molar-refractivity contribution in [2.75, 3.05) is 6.54 Å². The first-order valence-electron chi connectivity index (χ1n) is 6.37. The Kier molecular flexibility index (Phi) is 3.83. The van der Waals surface area contributed by atoms with Crippen LogP contribution in [0.25, 0.3) is 0 Å². The van der Waals surface area contributed by atoms with Crippen molar-refractivity contribution in [2.24, 2.45) is 0 Å². The van der Waals surface area contributed by atoms with Gasteiger partial charge in [0.15, 0.2) is 0 Å². The van der Waals surface area contributed by atoms with Crippen LogP contribution in [0.2, 0.25) is 0 Å². The number of hydrogen-bond acceptors (Lipinski definition) is 2. The normalized spacial score (nSPS) is 18.7. The van der Waals surface area contributed by atoms with Gasteiger partial charge in [0.25, 0.3) is 0 Å². The Labute approximate surface area is 97.7 Å². The van der Waals surface area contributed by atoms with Crippen molar-refractivity contribution in [3.05, 3.63) is 29.3 Å². The third-order valence-electron chi connectivity index (χ3n) is 3.42. The fourth-order valence-corrected chi connectivity index (χ4v) is 2.50. The molecule has 2 nitrogen and oxygen atoms in total. The summed E-state index contributed by atoms with van der Waals surface area (Å²) in [5, 5.41) is 13.3. The van der Waals surface area contributed by atoms with Crippen LogP contribution in [0.5, 0.6) is 5.75 Å². The SMILES string of the molecule is CCCCCNC1CCc2c(O)cccc21. The highest BCUT2D eigenvalue weighted by molar-refractivity contribution is 5.44. The lowest BCUT2D eigenvalue weighted by Gasteiger charge is -2.13. The van der Waals surface area contributed by atoms with Crippen molar-refractivity contribution >= 4 is 0 Å². The average Bonchev–Trinajstić information content (AvgIpc) is 2.70. The molecule has 1 unspecified atom stereocenters. The second-order valence-electron chi connectivity index (χ2n) is 4.60. The largest absolute Gasteiger partial charge is 0.508 e. The van der Waals surface area contributed by atoms with E-state index < -0.39 is 0 Å². The standard InChI is InChI=1S/C14H21NO/c1-2-3-4-10-15-13-9-8-12-11(13)6-5-7-14(12)16/h5-7,13,15-16H,2-4,8-10H2,1H3. The number of phenols is 1. The van der Waals surface area contributed by atoms with E-state index in [0.717, 1.165) is 24.9 Å². The summed E-state index contributed by atoms with van der Waals surface area (Å²) >= 11 is 0. The van der Waals surface area contributed by atoms with E-state index in [-0.39, 0.29) is 0 Å². The van der Waals surface area contributed by atoms with Gasteiger partial charge in [0.1, 0.15) is 5.75 Å². The molecule has 16 heavy (non-hydrogen) atoms. The molecule has 0 saturated carbocycles. The average molecular weight is 219 g/mol. The molecule has 0 fully saturated rings. The molecule has 0 spiro atoms. The van der Waals surface area contributed by atoms with Crippen molar-refractivity contribution in [2.45, 2.75) is 45.1 Å². The predicted octanol–water partition coefficient (Wildman–Crippen LogP) is 3.16. The molecule has 0 heterocycles. The van der Waals surface area contributed by atoms with Crippen LogP contribution in [0.15, 0.2) is 18.2 Å². The van der Waals surface area contributed by atoms with Crippen molar-refractivity contribution in [1.29, 1.82) is 0 Å². The molecule has 2 N–H and O–H groups in total. The maximum absolute atomic E-state index is 9.73. The molecule has 1 aromatic carbocycles. The lowest BCUT2D eigenvalue weighted by atomic mass is 10.1. The van der Waals surface area contributed by atoms with Gasteiger partial charge in [-0.15, -0.1) is 0 Å². The zero-order valence-corrected chi connectivity index (χ0v) is 10.00. The summed E-state index contributed by atoms with van der Waals surface area (Å²) in [6, 6.07) is 6.33. The van der Waals surface area contributed by atoms with E-state index in [1.54, 1.807) is 6.07 Å². The molecule has 2 rings (SSSR count). The number of nitrogens with one attached hydrogen (secondary N) is 1. The van der Waals surface area contributed by atoms with Gasteiger partial charge < -0.3 is 10.4 Å². The molecule has 0 saturated heterocycles. The predicted molar refractivity (Wildman–Crippen MR) is 66.7 cm³/mol. The van der Waals surface area contributed by atoms with Crippen LogP contribution in [0.3, 0.4) is 0 Å². The molecular weight excluding hydrogens is 198 g/mol. The van der Waals surface area contributed by atoms with Crippen LogP contribution in [0, 0.1) is 0 Å². The summed E-state index contributed by atoms with van der Waals surface area (Å²) in [5.41, 5.74) is 2.45. The molecule has 0 amide bonds. The van der Waals surface area contributed by atoms with Crippen molar-refractivity contribution in [1.82, 2.24) is 5.32 Å². The molecule has 1 atom stereocenters. The van der Waals surface area contributed by atoms with Gasteiger partial charge in [-0.25, -0.2) is 0 Å². The Morgan fingerprint density at radius 2 is 2.25 bits per heavy atom. The fourth-order valence-electron chi connectivity index (χ4n) is 2.50. The first-order chi connectivity index (χ1) is 7.83. The van der Waals surface area contributed by atoms with Crippen LogP contribution in [0.1, 0.15) is 49.8 Å². The van der Waals surface area contributed by atoms with Crippen LogP contribution < -0.4 is 5.32 Å². The minimum absolute atomic E-state index is 0.457. The minimum Gasteiger partial charge on any atom is -0.508 e. The molecule has 88 valence electrons. The van der Waals surface area contributed by atoms with Gasteiger partial charge in [0, 0.05) is 6.04 Å². The number of unbranched alkanes of at least 4 members (excludes halogenated alkanes) is 2. The van der Waals surface area contributed by atoms with Gasteiger partial charge >= 0.3 is 0 Å². The van der Waals surface area contributed by atoms with E-state index in [9.17, 15) is 5.11 Å². The van der Waals surface area contributed by atoms with Gasteiger partial charge in [-0.05, 0) is 43.0 Å². The number of fused-ring (bicyclic) bond motifs is 1. The van der Waals surface area contributed by atoms with Crippen molar-refractivity contribution < 1.29 is 5.11 Å². The fraction of sp³-hybridized carbons (Fsp3) is 0.571. The summed E-state index contributed by atoms with van der Waals surface area (Å²) in [6.07, 6.45) is 5.95. The summed E-state index contributed by atoms with van der Waals surface area (Å²) in [7, 11) is 0. The Balaban J connectivity index is 1.93. The zero-order chi connectivity index (χ0) is 11.4. The van der Waals surface area contributed by atoms with Gasteiger partial charge in [-0.2, -0.15) is 0 Å². The first kappa shape index (κ1) is 11.5. The first-order valence-corrected chi connectivity index (χ1v) is 6.37. The minimum atomic E-state index is 0.457. The van der Waals surface area contributed by atoms with E-state index in [4.69, 9.17) is 0 Å². The number of phenolic OH excluding ortho intramolecular Hbond substituents is 1. The number of rotatable bonds is 5. The summed E-state index contributed by atoms with van der Waals surface area (Å²) in [6.45, 7) is 3.32. The molecule has 0 radical (unpaired) electrons. The molecule has 0 bridgehead atoms. The van der Waals surface area contributed by atoms with E-state index in [0.29, 0.717) is 11.8 Å². The highest BCUT2D eigenvalue weighted by Crippen LogP contribution is 2.36. The van der Waals surface area contributed by atoms with Gasteiger partial charge in [0.05, 0.1) is 0 Å². The molecule has 0 aromatic heterocycles. The van der Waals surface area contributed by atoms with E-state index in [2.05, 4.69) is 18.3 Å². The highest BCUT2D eigenvalue weighted by atomic mass is 16.3. The van der Waals surface area contributed by atoms with E-state index in [1.807, 2.05) is 6.07 Å². The van der Waals surface area contributed by atoms with Crippen LogP contribution in [-0.4, -0.2) is 11.7 Å². The monoisotopic (exact) mass is 219 g/mol. The Bertz CT molecular complexity index is 349. The smallest absolute Gasteiger partial charge is 0.119 e. The Hall–Kier alpha value is -1.02. The molecular formula is C14H21NO. The maximum Gasteiger partial charge on any atom is 0.119 e. The summed E-state index contributed by atoms with van der Waals surface area (Å²) in [5.74, 6) is 0.468. The van der Waals surface area contributed by atoms with Gasteiger partial charge in [-0.1, -0.05) is 31.9 Å². The molecule has 0 aliphatic heterocycles. The van der Waals surface area contributed by atoms with Gasteiger partial charge in [-0.3, -0.25) is 0 Å². The van der Waals surface area contributed by atoms with Crippen LogP contribution >= 0.6 is 0 Å². The topological polar surface area (TPSA) is 32.3 Å². The Morgan fingerprint density at radius 3 is 3.06 bits per heavy atom. The molecule has 2 heteroatoms. The zero-order valence-electron chi connectivity index (χ0n) is 10.00. The molecule has 1 aliphatic carbocycles. The van der Waals surface area contributed by atoms with E-state index >= 15 is 0 Å². The lowest BCUT2D eigenvalue weighted by Crippen LogP contribution is -2.20. The number of hydrogen-bond donors (Lipinski definition) is 2. The molecule has 1 aromatic rings. The number of benzene rings is 1. The highest BCUT2D eigenvalue weighted by Gasteiger charge is 2.23. The van der Waals surface area contributed by atoms with Crippen LogP contribution in [0.4, 0.5) is 0 Å². The lowest BCUT2D eigenvalue weighted by molar-refractivity contribution is 0.469. The molecule has 1 aliphatic rings. The van der Waals surface area contributed by atoms with Crippen LogP contribution in [-0.2, 0) is 6.42 Å². The van der Waals surface area contributed by atoms with Crippen molar-refractivity contribution in [3.8, 4) is 5.75 Å². The van der Waals surface area contributed by atoms with E-state index in [1.165, 1.54) is 24.8 Å². The third-order valence-corrected chi connectivity index (χ3v) is 3.42. The second-order valence-corrected chi connectivity index (χ2v) is 4.60. The van der Waals surface area contributed by atoms with Gasteiger partial charge in [0.2, 0.25) is 0 Å². The third kappa shape index (κ3) is 2.38. The van der Waals surface area contributed by atoms with Crippen molar-refractivity contribution in [3.63, 3.8) is 0 Å². The maximum atomic E-state index is 9.73. The second kappa shape index (κ2) is 5.35. The Morgan fingerprint density at radius 1 is 1.38 bits per heavy atom. The summed E-state index contributed by atoms with van der Waals surface area (Å²) < 4.78 is 0. The quantitative estimate of drug-likeness (QED) is 0.746. The number of aromatic hydroxyl groups is 1.